The normalized spacial score (nSPS) is 22.0. The van der Waals surface area contributed by atoms with Gasteiger partial charge >= 0.3 is 0 Å². The van der Waals surface area contributed by atoms with Crippen molar-refractivity contribution in [3.63, 3.8) is 0 Å². The highest BCUT2D eigenvalue weighted by Crippen LogP contribution is 2.13. The first-order chi connectivity index (χ1) is 10.6. The molecule has 0 aliphatic carbocycles. The zero-order valence-electron chi connectivity index (χ0n) is 12.8. The number of nitrogens with zero attached hydrogens (tertiary/aromatic N) is 3. The van der Waals surface area contributed by atoms with Crippen LogP contribution in [-0.4, -0.2) is 41.1 Å². The average molecular weight is 300 g/mol. The van der Waals surface area contributed by atoms with Gasteiger partial charge in [0.15, 0.2) is 0 Å². The number of pyridine rings is 1. The lowest BCUT2D eigenvalue weighted by Gasteiger charge is -2.35. The van der Waals surface area contributed by atoms with E-state index in [0.29, 0.717) is 19.6 Å². The van der Waals surface area contributed by atoms with Gasteiger partial charge in [0.1, 0.15) is 11.6 Å². The Morgan fingerprint density at radius 2 is 2.23 bits per heavy atom. The highest BCUT2D eigenvalue weighted by molar-refractivity contribution is 5.97. The lowest BCUT2D eigenvalue weighted by molar-refractivity contribution is -0.138. The van der Waals surface area contributed by atoms with Gasteiger partial charge in [0.25, 0.3) is 5.91 Å². The number of rotatable bonds is 4. The number of ether oxygens (including phenoxy) is 1. The molecule has 0 saturated carbocycles. The maximum atomic E-state index is 12.4. The second-order valence-corrected chi connectivity index (χ2v) is 5.34. The predicted molar refractivity (Wildman–Crippen MR) is 81.4 cm³/mol. The second-order valence-electron chi connectivity index (χ2n) is 5.34. The van der Waals surface area contributed by atoms with E-state index in [4.69, 9.17) is 4.74 Å². The average Bonchev–Trinajstić information content (AvgIpc) is 2.51. The third kappa shape index (κ3) is 4.30. The van der Waals surface area contributed by atoms with Gasteiger partial charge in [-0.2, -0.15) is 5.26 Å². The maximum Gasteiger partial charge on any atom is 0.266 e. The monoisotopic (exact) mass is 300 g/mol. The molecule has 1 fully saturated rings. The van der Waals surface area contributed by atoms with E-state index in [-0.39, 0.29) is 23.7 Å². The zero-order valence-corrected chi connectivity index (χ0v) is 12.8. The van der Waals surface area contributed by atoms with Gasteiger partial charge in [-0.05, 0) is 26.0 Å². The largest absolute Gasteiger partial charge is 0.384 e. The minimum absolute atomic E-state index is 0.0193. The molecule has 6 nitrogen and oxygen atoms in total. The van der Waals surface area contributed by atoms with Crippen molar-refractivity contribution in [2.45, 2.75) is 32.6 Å². The number of carbonyl (C=O) groups excluding carboxylic acids is 1. The maximum absolute atomic E-state index is 12.4. The van der Waals surface area contributed by atoms with Crippen LogP contribution < -0.4 is 5.32 Å². The summed E-state index contributed by atoms with van der Waals surface area (Å²) in [5.41, 5.74) is 0.939. The minimum Gasteiger partial charge on any atom is -0.384 e. The van der Waals surface area contributed by atoms with Gasteiger partial charge in [0.2, 0.25) is 0 Å². The smallest absolute Gasteiger partial charge is 0.266 e. The molecule has 1 aromatic heterocycles. The Bertz CT molecular complexity index is 570. The summed E-state index contributed by atoms with van der Waals surface area (Å²) in [6.45, 7) is 5.32. The van der Waals surface area contributed by atoms with Gasteiger partial charge in [-0.15, -0.1) is 0 Å². The summed E-state index contributed by atoms with van der Waals surface area (Å²) in [7, 11) is 0. The summed E-state index contributed by atoms with van der Waals surface area (Å²) in [4.78, 5) is 18.2. The van der Waals surface area contributed by atoms with Crippen molar-refractivity contribution in [2.24, 2.45) is 0 Å². The van der Waals surface area contributed by atoms with Crippen LogP contribution in [-0.2, 0) is 16.1 Å². The van der Waals surface area contributed by atoms with Gasteiger partial charge in [-0.1, -0.05) is 6.07 Å². The fourth-order valence-electron chi connectivity index (χ4n) is 2.42. The molecule has 0 aromatic carbocycles. The number of nitriles is 1. The highest BCUT2D eigenvalue weighted by atomic mass is 16.5. The van der Waals surface area contributed by atoms with Crippen LogP contribution in [0, 0.1) is 11.3 Å². The quantitative estimate of drug-likeness (QED) is 0.668. The molecule has 0 bridgehead atoms. The number of nitrogens with one attached hydrogen (secondary N) is 1. The van der Waals surface area contributed by atoms with Crippen molar-refractivity contribution in [3.8, 4) is 6.07 Å². The summed E-state index contributed by atoms with van der Waals surface area (Å²) in [5.74, 6) is -0.266. The molecule has 1 aliphatic rings. The number of hydrogen-bond acceptors (Lipinski definition) is 5. The molecule has 2 heterocycles. The SMILES string of the molecule is CC1CN(C(=O)/C(C#N)=C\NCc2ccccn2)CC(C)O1. The molecular formula is C16H20N4O2. The molecular weight excluding hydrogens is 280 g/mol. The predicted octanol–water partition coefficient (Wildman–Crippen LogP) is 1.21. The van der Waals surface area contributed by atoms with E-state index in [1.807, 2.05) is 38.1 Å². The Hall–Kier alpha value is -2.39. The van der Waals surface area contributed by atoms with Crippen molar-refractivity contribution in [3.05, 3.63) is 41.9 Å². The van der Waals surface area contributed by atoms with Crippen molar-refractivity contribution in [1.82, 2.24) is 15.2 Å². The summed E-state index contributed by atoms with van der Waals surface area (Å²) in [6.07, 6.45) is 3.12. The number of morpholine rings is 1. The zero-order chi connectivity index (χ0) is 15.9. The van der Waals surface area contributed by atoms with Crippen LogP contribution in [0.25, 0.3) is 0 Å². The molecule has 0 spiro atoms. The second kappa shape index (κ2) is 7.57. The van der Waals surface area contributed by atoms with Crippen LogP contribution >= 0.6 is 0 Å². The van der Waals surface area contributed by atoms with Crippen LogP contribution in [0.15, 0.2) is 36.2 Å². The molecule has 22 heavy (non-hydrogen) atoms. The topological polar surface area (TPSA) is 78.3 Å². The standard InChI is InChI=1S/C16H20N4O2/c1-12-10-20(11-13(2)22-12)16(21)14(7-17)8-18-9-15-5-3-4-6-19-15/h3-6,8,12-13,18H,9-11H2,1-2H3/b14-8-. The third-order valence-corrected chi connectivity index (χ3v) is 3.31. The molecule has 1 aliphatic heterocycles. The van der Waals surface area contributed by atoms with E-state index in [1.54, 1.807) is 11.1 Å². The molecule has 2 rings (SSSR count). The van der Waals surface area contributed by atoms with E-state index in [2.05, 4.69) is 10.3 Å². The van der Waals surface area contributed by atoms with Crippen molar-refractivity contribution >= 4 is 5.91 Å². The fraction of sp³-hybridized carbons (Fsp3) is 0.438. The third-order valence-electron chi connectivity index (χ3n) is 3.31. The number of carbonyl (C=O) groups is 1. The van der Waals surface area contributed by atoms with Gasteiger partial charge in [-0.25, -0.2) is 0 Å². The summed E-state index contributed by atoms with van der Waals surface area (Å²) in [5, 5.41) is 12.2. The van der Waals surface area contributed by atoms with Gasteiger partial charge in [0.05, 0.1) is 24.4 Å². The summed E-state index contributed by atoms with van der Waals surface area (Å²) in [6, 6.07) is 7.56. The molecule has 1 N–H and O–H groups in total. The lowest BCUT2D eigenvalue weighted by atomic mass is 10.2. The Morgan fingerprint density at radius 1 is 1.50 bits per heavy atom. The first-order valence-electron chi connectivity index (χ1n) is 7.28. The molecule has 116 valence electrons. The Labute approximate surface area is 130 Å². The Morgan fingerprint density at radius 3 is 2.82 bits per heavy atom. The van der Waals surface area contributed by atoms with Gasteiger partial charge in [-0.3, -0.25) is 9.78 Å². The summed E-state index contributed by atoms with van der Waals surface area (Å²) >= 11 is 0. The van der Waals surface area contributed by atoms with Gasteiger partial charge in [0, 0.05) is 25.5 Å². The van der Waals surface area contributed by atoms with E-state index in [1.165, 1.54) is 6.20 Å². The lowest BCUT2D eigenvalue weighted by Crippen LogP contribution is -2.48. The molecule has 0 radical (unpaired) electrons. The summed E-state index contributed by atoms with van der Waals surface area (Å²) < 4.78 is 5.60. The molecule has 1 aromatic rings. The molecule has 2 unspecified atom stereocenters. The number of hydrogen-bond donors (Lipinski definition) is 1. The molecule has 6 heteroatoms. The van der Waals surface area contributed by atoms with E-state index in [9.17, 15) is 10.1 Å². The van der Waals surface area contributed by atoms with E-state index < -0.39 is 0 Å². The molecule has 1 amide bonds. The number of amides is 1. The van der Waals surface area contributed by atoms with Gasteiger partial charge < -0.3 is 15.0 Å². The minimum atomic E-state index is -0.266. The van der Waals surface area contributed by atoms with Crippen molar-refractivity contribution < 1.29 is 9.53 Å². The Kier molecular flexibility index (Phi) is 5.50. The molecule has 1 saturated heterocycles. The van der Waals surface area contributed by atoms with Crippen LogP contribution in [0.3, 0.4) is 0 Å². The first-order valence-corrected chi connectivity index (χ1v) is 7.28. The van der Waals surface area contributed by atoms with Crippen molar-refractivity contribution in [1.29, 1.82) is 5.26 Å². The van der Waals surface area contributed by atoms with Crippen LogP contribution in [0.2, 0.25) is 0 Å². The molecule has 2 atom stereocenters. The van der Waals surface area contributed by atoms with Crippen LogP contribution in [0.1, 0.15) is 19.5 Å². The van der Waals surface area contributed by atoms with Crippen LogP contribution in [0.4, 0.5) is 0 Å². The van der Waals surface area contributed by atoms with E-state index >= 15 is 0 Å². The van der Waals surface area contributed by atoms with E-state index in [0.717, 1.165) is 5.69 Å². The van der Waals surface area contributed by atoms with Crippen molar-refractivity contribution in [2.75, 3.05) is 13.1 Å². The first kappa shape index (κ1) is 16.0. The highest BCUT2D eigenvalue weighted by Gasteiger charge is 2.27. The Balaban J connectivity index is 1.96. The number of aromatic nitrogens is 1. The fourth-order valence-corrected chi connectivity index (χ4v) is 2.42. The van der Waals surface area contributed by atoms with Crippen LogP contribution in [0.5, 0.6) is 0 Å².